The summed E-state index contributed by atoms with van der Waals surface area (Å²) in [6.45, 7) is 0.629. The molecule has 2 N–H and O–H groups in total. The number of hydrogen-bond donors (Lipinski definition) is 1. The van der Waals surface area contributed by atoms with Crippen LogP contribution in [0.2, 0.25) is 0 Å². The Labute approximate surface area is 87.9 Å². The Hall–Kier alpha value is -1.11. The Morgan fingerprint density at radius 3 is 2.87 bits per heavy atom. The Bertz CT molecular complexity index is 453. The second-order valence-electron chi connectivity index (χ2n) is 3.27. The third-order valence-corrected chi connectivity index (χ3v) is 3.24. The Morgan fingerprint density at radius 2 is 2.27 bits per heavy atom. The highest BCUT2D eigenvalue weighted by Gasteiger charge is 2.26. The highest BCUT2D eigenvalue weighted by atomic mass is 32.2. The van der Waals surface area contributed by atoms with E-state index in [9.17, 15) is 8.42 Å². The molecule has 0 radical (unpaired) electrons. The molecule has 1 atom stereocenters. The Kier molecular flexibility index (Phi) is 2.64. The monoisotopic (exact) mass is 229 g/mol. The average molecular weight is 229 g/mol. The summed E-state index contributed by atoms with van der Waals surface area (Å²) in [6.07, 6.45) is -0.0826. The largest absolute Gasteiger partial charge is 0.399 e. The summed E-state index contributed by atoms with van der Waals surface area (Å²) in [6, 6.07) is 5.99. The van der Waals surface area contributed by atoms with Crippen LogP contribution in [0, 0.1) is 0 Å². The number of epoxide rings is 1. The number of rotatable bonds is 4. The molecule has 1 saturated heterocycles. The zero-order valence-electron chi connectivity index (χ0n) is 7.92. The number of benzene rings is 1. The standard InChI is InChI=1S/C9H11NO4S/c10-7-2-1-3-9(4-7)15(11,12)14-6-8-5-13-8/h1-4,8H,5-6,10H2/t8-/m0/s1. The van der Waals surface area contributed by atoms with E-state index in [1.165, 1.54) is 12.1 Å². The van der Waals surface area contributed by atoms with Gasteiger partial charge in [0.2, 0.25) is 0 Å². The van der Waals surface area contributed by atoms with Gasteiger partial charge in [-0.05, 0) is 18.2 Å². The third-order valence-electron chi connectivity index (χ3n) is 1.96. The van der Waals surface area contributed by atoms with Gasteiger partial charge in [-0.25, -0.2) is 0 Å². The highest BCUT2D eigenvalue weighted by molar-refractivity contribution is 7.86. The van der Waals surface area contributed by atoms with Gasteiger partial charge in [0.05, 0.1) is 18.1 Å². The van der Waals surface area contributed by atoms with Crippen LogP contribution in [0.3, 0.4) is 0 Å². The van der Waals surface area contributed by atoms with Gasteiger partial charge in [0, 0.05) is 5.69 Å². The normalized spacial score (nSPS) is 20.1. The zero-order valence-corrected chi connectivity index (χ0v) is 8.74. The molecule has 1 heterocycles. The van der Waals surface area contributed by atoms with Crippen LogP contribution in [-0.4, -0.2) is 27.7 Å². The first kappa shape index (κ1) is 10.4. The fourth-order valence-corrected chi connectivity index (χ4v) is 2.06. The van der Waals surface area contributed by atoms with Crippen molar-refractivity contribution in [3.63, 3.8) is 0 Å². The fraction of sp³-hybridized carbons (Fsp3) is 0.333. The lowest BCUT2D eigenvalue weighted by Crippen LogP contribution is -2.11. The second kappa shape index (κ2) is 3.80. The van der Waals surface area contributed by atoms with E-state index in [0.29, 0.717) is 12.3 Å². The van der Waals surface area contributed by atoms with Crippen molar-refractivity contribution in [2.75, 3.05) is 18.9 Å². The zero-order chi connectivity index (χ0) is 10.9. The predicted molar refractivity (Wildman–Crippen MR) is 53.7 cm³/mol. The number of hydrogen-bond acceptors (Lipinski definition) is 5. The summed E-state index contributed by atoms with van der Waals surface area (Å²) in [4.78, 5) is 0.0724. The molecule has 5 nitrogen and oxygen atoms in total. The van der Waals surface area contributed by atoms with Crippen LogP contribution in [0.5, 0.6) is 0 Å². The van der Waals surface area contributed by atoms with Crippen LogP contribution < -0.4 is 5.73 Å². The molecule has 0 spiro atoms. The van der Waals surface area contributed by atoms with Crippen LogP contribution >= 0.6 is 0 Å². The van der Waals surface area contributed by atoms with Gasteiger partial charge in [0.25, 0.3) is 10.1 Å². The van der Waals surface area contributed by atoms with Gasteiger partial charge in [-0.15, -0.1) is 0 Å². The molecule has 82 valence electrons. The predicted octanol–water partition coefficient (Wildman–Crippen LogP) is 0.373. The van der Waals surface area contributed by atoms with Gasteiger partial charge in [0.15, 0.2) is 0 Å². The summed E-state index contributed by atoms with van der Waals surface area (Å²) in [5.74, 6) is 0. The molecule has 6 heteroatoms. The fourth-order valence-electron chi connectivity index (χ4n) is 1.07. The van der Waals surface area contributed by atoms with Crippen molar-refractivity contribution in [3.05, 3.63) is 24.3 Å². The molecule has 1 fully saturated rings. The second-order valence-corrected chi connectivity index (χ2v) is 4.88. The van der Waals surface area contributed by atoms with Crippen molar-refractivity contribution >= 4 is 15.8 Å². The Balaban J connectivity index is 2.12. The van der Waals surface area contributed by atoms with Crippen LogP contribution in [0.15, 0.2) is 29.2 Å². The van der Waals surface area contributed by atoms with Gasteiger partial charge in [-0.2, -0.15) is 8.42 Å². The van der Waals surface area contributed by atoms with E-state index in [2.05, 4.69) is 0 Å². The van der Waals surface area contributed by atoms with Crippen molar-refractivity contribution < 1.29 is 17.3 Å². The van der Waals surface area contributed by atoms with E-state index in [1.807, 2.05) is 0 Å². The molecule has 0 amide bonds. The van der Waals surface area contributed by atoms with Gasteiger partial charge >= 0.3 is 0 Å². The van der Waals surface area contributed by atoms with E-state index < -0.39 is 10.1 Å². The Morgan fingerprint density at radius 1 is 1.53 bits per heavy atom. The van der Waals surface area contributed by atoms with E-state index in [0.717, 1.165) is 0 Å². The molecule has 0 saturated carbocycles. The molecule has 1 aromatic rings. The number of nitrogens with two attached hydrogens (primary N) is 1. The van der Waals surface area contributed by atoms with Crippen molar-refractivity contribution in [2.24, 2.45) is 0 Å². The van der Waals surface area contributed by atoms with Crippen LogP contribution in [-0.2, 0) is 19.0 Å². The minimum absolute atomic E-state index is 0.0666. The molecule has 0 bridgehead atoms. The van der Waals surface area contributed by atoms with Gasteiger partial charge in [0.1, 0.15) is 6.10 Å². The average Bonchev–Trinajstić information content (AvgIpc) is 2.98. The molecule has 0 aliphatic carbocycles. The van der Waals surface area contributed by atoms with Gasteiger partial charge in [-0.1, -0.05) is 6.07 Å². The lowest BCUT2D eigenvalue weighted by Gasteiger charge is -2.04. The van der Waals surface area contributed by atoms with Crippen molar-refractivity contribution in [1.29, 1.82) is 0 Å². The van der Waals surface area contributed by atoms with E-state index in [1.54, 1.807) is 12.1 Å². The van der Waals surface area contributed by atoms with Crippen LogP contribution in [0.4, 0.5) is 5.69 Å². The number of anilines is 1. The smallest absolute Gasteiger partial charge is 0.297 e. The molecule has 1 aliphatic rings. The first-order valence-corrected chi connectivity index (χ1v) is 5.85. The van der Waals surface area contributed by atoms with Crippen LogP contribution in [0.25, 0.3) is 0 Å². The third kappa shape index (κ3) is 2.68. The lowest BCUT2D eigenvalue weighted by molar-refractivity contribution is 0.266. The lowest BCUT2D eigenvalue weighted by atomic mass is 10.3. The molecule has 15 heavy (non-hydrogen) atoms. The maximum Gasteiger partial charge on any atom is 0.297 e. The summed E-state index contributed by atoms with van der Waals surface area (Å²) >= 11 is 0. The van der Waals surface area contributed by atoms with Gasteiger partial charge < -0.3 is 10.5 Å². The highest BCUT2D eigenvalue weighted by Crippen LogP contribution is 2.17. The number of nitrogen functional groups attached to an aromatic ring is 1. The minimum atomic E-state index is -3.70. The summed E-state index contributed by atoms with van der Waals surface area (Å²) in [7, 11) is -3.70. The van der Waals surface area contributed by atoms with E-state index >= 15 is 0 Å². The summed E-state index contributed by atoms with van der Waals surface area (Å²) in [5.41, 5.74) is 5.87. The number of ether oxygens (including phenoxy) is 1. The minimum Gasteiger partial charge on any atom is -0.399 e. The quantitative estimate of drug-likeness (QED) is 0.458. The first-order chi connectivity index (χ1) is 7.08. The molecular weight excluding hydrogens is 218 g/mol. The maximum atomic E-state index is 11.6. The molecular formula is C9H11NO4S. The SMILES string of the molecule is Nc1cccc(S(=O)(=O)OC[C@@H]2CO2)c1. The summed E-state index contributed by atoms with van der Waals surface area (Å²) < 4.78 is 32.8. The van der Waals surface area contributed by atoms with Crippen molar-refractivity contribution in [3.8, 4) is 0 Å². The molecule has 2 rings (SSSR count). The van der Waals surface area contributed by atoms with Gasteiger partial charge in [-0.3, -0.25) is 4.18 Å². The van der Waals surface area contributed by atoms with Crippen molar-refractivity contribution in [2.45, 2.75) is 11.0 Å². The molecule has 0 unspecified atom stereocenters. The van der Waals surface area contributed by atoms with Crippen LogP contribution in [0.1, 0.15) is 0 Å². The molecule has 0 aromatic heterocycles. The topological polar surface area (TPSA) is 81.9 Å². The van der Waals surface area contributed by atoms with Crippen molar-refractivity contribution in [1.82, 2.24) is 0 Å². The summed E-state index contributed by atoms with van der Waals surface area (Å²) in [5, 5.41) is 0. The first-order valence-electron chi connectivity index (χ1n) is 4.44. The van der Waals surface area contributed by atoms with E-state index in [-0.39, 0.29) is 17.6 Å². The molecule has 1 aliphatic heterocycles. The van der Waals surface area contributed by atoms with E-state index in [4.69, 9.17) is 14.7 Å². The molecule has 1 aromatic carbocycles. The maximum absolute atomic E-state index is 11.6.